The zero-order chi connectivity index (χ0) is 18.3. The van der Waals surface area contributed by atoms with Crippen molar-refractivity contribution >= 4 is 38.3 Å². The van der Waals surface area contributed by atoms with Crippen LogP contribution in [0.3, 0.4) is 0 Å². The van der Waals surface area contributed by atoms with Crippen molar-refractivity contribution in [3.8, 4) is 5.69 Å². The second-order valence-corrected chi connectivity index (χ2v) is 7.11. The summed E-state index contributed by atoms with van der Waals surface area (Å²) in [5.41, 5.74) is 6.24. The van der Waals surface area contributed by atoms with Crippen molar-refractivity contribution < 1.29 is 4.52 Å². The molecule has 0 aliphatic carbocycles. The topological polar surface area (TPSA) is 47.1 Å². The van der Waals surface area contributed by atoms with E-state index in [0.717, 1.165) is 50.3 Å². The molecule has 0 bridgehead atoms. The second-order valence-electron chi connectivity index (χ2n) is 6.25. The summed E-state index contributed by atoms with van der Waals surface area (Å²) in [6, 6.07) is 10.6. The van der Waals surface area contributed by atoms with Crippen LogP contribution in [-0.2, 0) is 0 Å². The van der Waals surface area contributed by atoms with E-state index in [1.165, 1.54) is 0 Å². The molecule has 0 atom stereocenters. The highest BCUT2D eigenvalue weighted by molar-refractivity contribution is 9.10. The average molecular weight is 411 g/mol. The fourth-order valence-electron chi connectivity index (χ4n) is 3.25. The molecule has 26 heavy (non-hydrogen) atoms. The summed E-state index contributed by atoms with van der Waals surface area (Å²) >= 11 is 3.70. The van der Waals surface area contributed by atoms with Gasteiger partial charge in [-0.3, -0.25) is 0 Å². The third kappa shape index (κ3) is 2.80. The molecule has 4 aromatic rings. The number of imidazole rings is 1. The molecule has 0 aliphatic rings. The summed E-state index contributed by atoms with van der Waals surface area (Å²) < 4.78 is 8.40. The number of benzene rings is 2. The number of hydrogen-bond acceptors (Lipinski definition) is 4. The van der Waals surface area contributed by atoms with Crippen LogP contribution in [0.4, 0.5) is 11.4 Å². The number of aryl methyl sites for hydroxylation is 2. The van der Waals surface area contributed by atoms with Gasteiger partial charge in [-0.1, -0.05) is 5.16 Å². The SMILES string of the molecule is CCN(c1ccc(-n2ccnc2)c(Br)c1)c1cc2c(C)noc2cc1C. The molecule has 132 valence electrons. The highest BCUT2D eigenvalue weighted by Crippen LogP contribution is 2.35. The maximum Gasteiger partial charge on any atom is 0.167 e. The summed E-state index contributed by atoms with van der Waals surface area (Å²) in [6.07, 6.45) is 5.51. The number of aromatic nitrogens is 3. The van der Waals surface area contributed by atoms with E-state index >= 15 is 0 Å². The van der Waals surface area contributed by atoms with Gasteiger partial charge in [0.25, 0.3) is 0 Å². The Morgan fingerprint density at radius 3 is 2.73 bits per heavy atom. The highest BCUT2D eigenvalue weighted by Gasteiger charge is 2.15. The number of halogens is 1. The first-order chi connectivity index (χ1) is 12.6. The molecule has 2 heterocycles. The maximum atomic E-state index is 5.40. The normalized spacial score (nSPS) is 11.2. The van der Waals surface area contributed by atoms with Gasteiger partial charge in [0, 0.05) is 40.2 Å². The van der Waals surface area contributed by atoms with Gasteiger partial charge in [-0.2, -0.15) is 0 Å². The number of fused-ring (bicyclic) bond motifs is 1. The number of rotatable bonds is 4. The Balaban J connectivity index is 1.79. The molecule has 0 fully saturated rings. The summed E-state index contributed by atoms with van der Waals surface area (Å²) in [4.78, 5) is 6.42. The first kappa shape index (κ1) is 16.8. The first-order valence-corrected chi connectivity index (χ1v) is 9.30. The lowest BCUT2D eigenvalue weighted by Crippen LogP contribution is -2.17. The molecule has 2 aromatic heterocycles. The Kier molecular flexibility index (Phi) is 4.28. The lowest BCUT2D eigenvalue weighted by Gasteiger charge is -2.26. The third-order valence-electron chi connectivity index (χ3n) is 4.60. The van der Waals surface area contributed by atoms with Crippen LogP contribution in [0.2, 0.25) is 0 Å². The zero-order valence-electron chi connectivity index (χ0n) is 14.9. The summed E-state index contributed by atoms with van der Waals surface area (Å²) in [5, 5.41) is 5.13. The first-order valence-electron chi connectivity index (χ1n) is 8.50. The van der Waals surface area contributed by atoms with E-state index in [1.54, 1.807) is 12.5 Å². The van der Waals surface area contributed by atoms with Gasteiger partial charge in [0.1, 0.15) is 0 Å². The largest absolute Gasteiger partial charge is 0.356 e. The summed E-state index contributed by atoms with van der Waals surface area (Å²) in [5.74, 6) is 0. The standard InChI is InChI=1S/C20H19BrN4O/c1-4-25(19-11-16-14(3)23-26-20(16)9-13(19)2)15-5-6-18(17(21)10-15)24-8-7-22-12-24/h5-12H,4H2,1-3H3. The summed E-state index contributed by atoms with van der Waals surface area (Å²) in [6.45, 7) is 7.08. The lowest BCUT2D eigenvalue weighted by atomic mass is 10.1. The average Bonchev–Trinajstić information content (AvgIpc) is 3.27. The fourth-order valence-corrected chi connectivity index (χ4v) is 3.82. The van der Waals surface area contributed by atoms with Crippen molar-refractivity contribution in [2.75, 3.05) is 11.4 Å². The Morgan fingerprint density at radius 1 is 1.19 bits per heavy atom. The van der Waals surface area contributed by atoms with Crippen molar-refractivity contribution in [1.82, 2.24) is 14.7 Å². The molecule has 0 N–H and O–H groups in total. The molecule has 6 heteroatoms. The van der Waals surface area contributed by atoms with Gasteiger partial charge in [0.2, 0.25) is 0 Å². The molecular formula is C20H19BrN4O. The highest BCUT2D eigenvalue weighted by atomic mass is 79.9. The smallest absolute Gasteiger partial charge is 0.167 e. The molecule has 0 spiro atoms. The number of anilines is 2. The van der Waals surface area contributed by atoms with Crippen LogP contribution in [0.1, 0.15) is 18.2 Å². The Labute approximate surface area is 160 Å². The van der Waals surface area contributed by atoms with E-state index in [-0.39, 0.29) is 0 Å². The van der Waals surface area contributed by atoms with Crippen molar-refractivity contribution in [3.63, 3.8) is 0 Å². The van der Waals surface area contributed by atoms with Crippen LogP contribution in [-0.4, -0.2) is 21.3 Å². The lowest BCUT2D eigenvalue weighted by molar-refractivity contribution is 0.450. The van der Waals surface area contributed by atoms with Gasteiger partial charge in [0.15, 0.2) is 5.58 Å². The van der Waals surface area contributed by atoms with Crippen molar-refractivity contribution in [3.05, 3.63) is 64.8 Å². The minimum Gasteiger partial charge on any atom is -0.356 e. The molecule has 0 amide bonds. The molecule has 4 rings (SSSR count). The van der Waals surface area contributed by atoms with E-state index < -0.39 is 0 Å². The van der Waals surface area contributed by atoms with E-state index in [9.17, 15) is 0 Å². The predicted molar refractivity (Wildman–Crippen MR) is 107 cm³/mol. The van der Waals surface area contributed by atoms with Crippen LogP contribution in [0, 0.1) is 13.8 Å². The monoisotopic (exact) mass is 410 g/mol. The van der Waals surface area contributed by atoms with Gasteiger partial charge < -0.3 is 14.0 Å². The Morgan fingerprint density at radius 2 is 2.04 bits per heavy atom. The van der Waals surface area contributed by atoms with Crippen molar-refractivity contribution in [2.45, 2.75) is 20.8 Å². The minimum atomic E-state index is 0.830. The maximum absolute atomic E-state index is 5.40. The van der Waals surface area contributed by atoms with E-state index in [1.807, 2.05) is 17.7 Å². The van der Waals surface area contributed by atoms with Gasteiger partial charge in [0.05, 0.1) is 17.7 Å². The van der Waals surface area contributed by atoms with Crippen LogP contribution < -0.4 is 4.90 Å². The molecule has 2 aromatic carbocycles. The van der Waals surface area contributed by atoms with Gasteiger partial charge in [-0.25, -0.2) is 4.98 Å². The molecule has 0 aliphatic heterocycles. The molecule has 0 saturated heterocycles. The Hall–Kier alpha value is -2.60. The van der Waals surface area contributed by atoms with Crippen LogP contribution in [0.15, 0.2) is 58.0 Å². The van der Waals surface area contributed by atoms with Crippen LogP contribution in [0.5, 0.6) is 0 Å². The van der Waals surface area contributed by atoms with E-state index in [4.69, 9.17) is 4.52 Å². The number of hydrogen-bond donors (Lipinski definition) is 0. The van der Waals surface area contributed by atoms with E-state index in [0.29, 0.717) is 0 Å². The van der Waals surface area contributed by atoms with Crippen molar-refractivity contribution in [1.29, 1.82) is 0 Å². The zero-order valence-corrected chi connectivity index (χ0v) is 16.5. The third-order valence-corrected chi connectivity index (χ3v) is 5.24. The number of nitrogens with zero attached hydrogens (tertiary/aromatic N) is 4. The second kappa shape index (κ2) is 6.61. The van der Waals surface area contributed by atoms with Crippen LogP contribution >= 0.6 is 15.9 Å². The minimum absolute atomic E-state index is 0.830. The van der Waals surface area contributed by atoms with Crippen LogP contribution in [0.25, 0.3) is 16.7 Å². The van der Waals surface area contributed by atoms with E-state index in [2.05, 4.69) is 75.1 Å². The summed E-state index contributed by atoms with van der Waals surface area (Å²) in [7, 11) is 0. The van der Waals surface area contributed by atoms with Gasteiger partial charge in [-0.05, 0) is 72.6 Å². The van der Waals surface area contributed by atoms with Gasteiger partial charge >= 0.3 is 0 Å². The van der Waals surface area contributed by atoms with Gasteiger partial charge in [-0.15, -0.1) is 0 Å². The molecule has 0 radical (unpaired) electrons. The molecule has 0 unspecified atom stereocenters. The fraction of sp³-hybridized carbons (Fsp3) is 0.200. The molecule has 0 saturated carbocycles. The molecular weight excluding hydrogens is 392 g/mol. The Bertz CT molecular complexity index is 1070. The predicted octanol–water partition coefficient (Wildman–Crippen LogP) is 5.55. The quantitative estimate of drug-likeness (QED) is 0.442. The van der Waals surface area contributed by atoms with Crippen molar-refractivity contribution in [2.24, 2.45) is 0 Å². The molecule has 5 nitrogen and oxygen atoms in total.